The van der Waals surface area contributed by atoms with Gasteiger partial charge in [-0.3, -0.25) is 9.36 Å². The maximum absolute atomic E-state index is 12.8. The molecule has 0 saturated heterocycles. The second kappa shape index (κ2) is 5.00. The summed E-state index contributed by atoms with van der Waals surface area (Å²) in [6.07, 6.45) is -2.83. The molecule has 1 aromatic heterocycles. The molecule has 0 aliphatic carbocycles. The molecule has 2 aromatic rings. The SMILES string of the molecule is NCCCn1cnc2c(C(F)(F)F)cccc2c1=O. The van der Waals surface area contributed by atoms with Gasteiger partial charge in [-0.25, -0.2) is 4.98 Å². The number of para-hydroxylation sites is 1. The Hall–Kier alpha value is -1.89. The van der Waals surface area contributed by atoms with E-state index in [1.165, 1.54) is 16.7 Å². The fraction of sp³-hybridized carbons (Fsp3) is 0.333. The summed E-state index contributed by atoms with van der Waals surface area (Å²) in [5.41, 5.74) is 3.64. The van der Waals surface area contributed by atoms with Crippen LogP contribution in [-0.2, 0) is 12.7 Å². The van der Waals surface area contributed by atoms with Crippen molar-refractivity contribution in [2.24, 2.45) is 5.73 Å². The molecule has 0 aliphatic heterocycles. The topological polar surface area (TPSA) is 60.9 Å². The zero-order chi connectivity index (χ0) is 14.0. The normalized spacial score (nSPS) is 12.0. The first-order chi connectivity index (χ1) is 8.95. The highest BCUT2D eigenvalue weighted by Gasteiger charge is 2.33. The van der Waals surface area contributed by atoms with Crippen molar-refractivity contribution in [2.75, 3.05) is 6.54 Å². The van der Waals surface area contributed by atoms with Crippen LogP contribution in [0.4, 0.5) is 13.2 Å². The van der Waals surface area contributed by atoms with E-state index in [2.05, 4.69) is 4.98 Å². The average Bonchev–Trinajstić information content (AvgIpc) is 2.36. The minimum Gasteiger partial charge on any atom is -0.330 e. The van der Waals surface area contributed by atoms with Gasteiger partial charge in [0.1, 0.15) is 0 Å². The van der Waals surface area contributed by atoms with Gasteiger partial charge in [-0.05, 0) is 25.1 Å². The molecule has 19 heavy (non-hydrogen) atoms. The number of benzene rings is 1. The van der Waals surface area contributed by atoms with Gasteiger partial charge in [0.2, 0.25) is 0 Å². The summed E-state index contributed by atoms with van der Waals surface area (Å²) in [5.74, 6) is 0. The molecule has 0 amide bonds. The van der Waals surface area contributed by atoms with Gasteiger partial charge in [0.05, 0.1) is 22.8 Å². The van der Waals surface area contributed by atoms with E-state index in [9.17, 15) is 18.0 Å². The first kappa shape index (κ1) is 13.5. The van der Waals surface area contributed by atoms with E-state index >= 15 is 0 Å². The summed E-state index contributed by atoms with van der Waals surface area (Å²) in [7, 11) is 0. The number of rotatable bonds is 3. The Labute approximate surface area is 106 Å². The Morgan fingerprint density at radius 2 is 2.05 bits per heavy atom. The standard InChI is InChI=1S/C12H12F3N3O/c13-12(14,15)9-4-1-3-8-10(9)17-7-18(11(8)19)6-2-5-16/h1,3-4,7H,2,5-6,16H2. The van der Waals surface area contributed by atoms with Crippen LogP contribution >= 0.6 is 0 Å². The Morgan fingerprint density at radius 3 is 2.68 bits per heavy atom. The summed E-state index contributed by atoms with van der Waals surface area (Å²) in [6, 6.07) is 3.47. The molecule has 2 rings (SSSR count). The number of hydrogen-bond donors (Lipinski definition) is 1. The molecule has 0 radical (unpaired) electrons. The number of aromatic nitrogens is 2. The summed E-state index contributed by atoms with van der Waals surface area (Å²) >= 11 is 0. The number of fused-ring (bicyclic) bond motifs is 1. The lowest BCUT2D eigenvalue weighted by molar-refractivity contribution is -0.136. The Kier molecular flexibility index (Phi) is 3.57. The number of nitrogens with two attached hydrogens (primary N) is 1. The molecule has 4 nitrogen and oxygen atoms in total. The van der Waals surface area contributed by atoms with Crippen LogP contribution in [0.25, 0.3) is 10.9 Å². The molecule has 0 atom stereocenters. The average molecular weight is 271 g/mol. The fourth-order valence-electron chi connectivity index (χ4n) is 1.84. The predicted octanol–water partition coefficient (Wildman–Crippen LogP) is 1.76. The van der Waals surface area contributed by atoms with E-state index < -0.39 is 17.3 Å². The first-order valence-corrected chi connectivity index (χ1v) is 5.70. The molecular weight excluding hydrogens is 259 g/mol. The predicted molar refractivity (Wildman–Crippen MR) is 64.7 cm³/mol. The lowest BCUT2D eigenvalue weighted by Gasteiger charge is -2.10. The van der Waals surface area contributed by atoms with Gasteiger partial charge in [0.25, 0.3) is 5.56 Å². The molecule has 0 unspecified atom stereocenters. The van der Waals surface area contributed by atoms with E-state index in [0.29, 0.717) is 19.5 Å². The molecule has 2 N–H and O–H groups in total. The number of halogens is 3. The molecule has 0 spiro atoms. The quantitative estimate of drug-likeness (QED) is 0.925. The highest BCUT2D eigenvalue weighted by Crippen LogP contribution is 2.32. The van der Waals surface area contributed by atoms with Crippen LogP contribution in [0.5, 0.6) is 0 Å². The lowest BCUT2D eigenvalue weighted by Crippen LogP contribution is -2.23. The molecule has 0 fully saturated rings. The number of nitrogens with zero attached hydrogens (tertiary/aromatic N) is 2. The third-order valence-electron chi connectivity index (χ3n) is 2.76. The first-order valence-electron chi connectivity index (χ1n) is 5.70. The van der Waals surface area contributed by atoms with Crippen molar-refractivity contribution in [3.8, 4) is 0 Å². The van der Waals surface area contributed by atoms with Crippen LogP contribution in [0.1, 0.15) is 12.0 Å². The molecule has 0 bridgehead atoms. The smallest absolute Gasteiger partial charge is 0.330 e. The van der Waals surface area contributed by atoms with Gasteiger partial charge < -0.3 is 5.73 Å². The Balaban J connectivity index is 2.63. The second-order valence-electron chi connectivity index (χ2n) is 4.08. The monoisotopic (exact) mass is 271 g/mol. The lowest BCUT2D eigenvalue weighted by atomic mass is 10.1. The zero-order valence-corrected chi connectivity index (χ0v) is 9.94. The van der Waals surface area contributed by atoms with Crippen molar-refractivity contribution in [1.29, 1.82) is 0 Å². The summed E-state index contributed by atoms with van der Waals surface area (Å²) in [5, 5.41) is -0.0330. The molecular formula is C12H12F3N3O. The fourth-order valence-corrected chi connectivity index (χ4v) is 1.84. The van der Waals surface area contributed by atoms with Gasteiger partial charge in [0, 0.05) is 6.54 Å². The van der Waals surface area contributed by atoms with Crippen LogP contribution in [0.15, 0.2) is 29.3 Å². The molecule has 102 valence electrons. The van der Waals surface area contributed by atoms with Crippen LogP contribution in [0.2, 0.25) is 0 Å². The zero-order valence-electron chi connectivity index (χ0n) is 9.94. The minimum atomic E-state index is -4.53. The highest BCUT2D eigenvalue weighted by atomic mass is 19.4. The van der Waals surface area contributed by atoms with Crippen LogP contribution in [0, 0.1) is 0 Å². The molecule has 0 saturated carbocycles. The van der Waals surface area contributed by atoms with Crippen LogP contribution in [-0.4, -0.2) is 16.1 Å². The van der Waals surface area contributed by atoms with Crippen molar-refractivity contribution in [3.63, 3.8) is 0 Å². The van der Waals surface area contributed by atoms with E-state index in [-0.39, 0.29) is 10.9 Å². The largest absolute Gasteiger partial charge is 0.418 e. The van der Waals surface area contributed by atoms with Crippen LogP contribution < -0.4 is 11.3 Å². The van der Waals surface area contributed by atoms with Crippen molar-refractivity contribution in [1.82, 2.24) is 9.55 Å². The van der Waals surface area contributed by atoms with Gasteiger partial charge in [-0.15, -0.1) is 0 Å². The summed E-state index contributed by atoms with van der Waals surface area (Å²) in [4.78, 5) is 15.8. The van der Waals surface area contributed by atoms with E-state index in [1.54, 1.807) is 0 Å². The van der Waals surface area contributed by atoms with Crippen molar-refractivity contribution in [2.45, 2.75) is 19.1 Å². The third-order valence-corrected chi connectivity index (χ3v) is 2.76. The van der Waals surface area contributed by atoms with Crippen molar-refractivity contribution >= 4 is 10.9 Å². The van der Waals surface area contributed by atoms with Gasteiger partial charge in [0.15, 0.2) is 0 Å². The maximum atomic E-state index is 12.8. The minimum absolute atomic E-state index is 0.0330. The van der Waals surface area contributed by atoms with Gasteiger partial charge in [-0.1, -0.05) is 6.07 Å². The highest BCUT2D eigenvalue weighted by molar-refractivity contribution is 5.81. The molecule has 1 heterocycles. The van der Waals surface area contributed by atoms with Crippen molar-refractivity contribution < 1.29 is 13.2 Å². The number of alkyl halides is 3. The van der Waals surface area contributed by atoms with Gasteiger partial charge >= 0.3 is 6.18 Å². The van der Waals surface area contributed by atoms with Gasteiger partial charge in [-0.2, -0.15) is 13.2 Å². The molecule has 0 aliphatic rings. The Morgan fingerprint density at radius 1 is 1.32 bits per heavy atom. The summed E-state index contributed by atoms with van der Waals surface area (Å²) in [6.45, 7) is 0.738. The van der Waals surface area contributed by atoms with E-state index in [0.717, 1.165) is 12.4 Å². The molecule has 1 aromatic carbocycles. The van der Waals surface area contributed by atoms with E-state index in [4.69, 9.17) is 5.73 Å². The Bertz CT molecular complexity index is 649. The third kappa shape index (κ3) is 2.60. The van der Waals surface area contributed by atoms with Crippen molar-refractivity contribution in [3.05, 3.63) is 40.4 Å². The van der Waals surface area contributed by atoms with E-state index in [1.807, 2.05) is 0 Å². The number of aryl methyl sites for hydroxylation is 1. The maximum Gasteiger partial charge on any atom is 0.418 e. The van der Waals surface area contributed by atoms with Crippen LogP contribution in [0.3, 0.4) is 0 Å². The second-order valence-corrected chi connectivity index (χ2v) is 4.08. The summed E-state index contributed by atoms with van der Waals surface area (Å²) < 4.78 is 39.6. The number of hydrogen-bond acceptors (Lipinski definition) is 3. The molecule has 7 heteroatoms.